The third kappa shape index (κ3) is 3.96. The summed E-state index contributed by atoms with van der Waals surface area (Å²) in [5.74, 6) is 1.82. The molecule has 1 saturated heterocycles. The summed E-state index contributed by atoms with van der Waals surface area (Å²) in [7, 11) is 1.74. The summed E-state index contributed by atoms with van der Waals surface area (Å²) < 4.78 is 7.35. The van der Waals surface area contributed by atoms with Gasteiger partial charge in [0.05, 0.1) is 29.4 Å². The summed E-state index contributed by atoms with van der Waals surface area (Å²) in [5, 5.41) is 18.4. The van der Waals surface area contributed by atoms with Crippen LogP contribution >= 0.6 is 23.4 Å². The fraction of sp³-hybridized carbons (Fsp3) is 0.409. The van der Waals surface area contributed by atoms with E-state index in [0.29, 0.717) is 40.6 Å². The molecule has 2 aromatic heterocycles. The first-order valence-corrected chi connectivity index (χ1v) is 12.3. The molecule has 5 rings (SSSR count). The predicted molar refractivity (Wildman–Crippen MR) is 133 cm³/mol. The van der Waals surface area contributed by atoms with Crippen LogP contribution in [0.1, 0.15) is 19.8 Å². The second-order valence-electron chi connectivity index (χ2n) is 8.00. The number of aliphatic hydroxyl groups is 1. The minimum absolute atomic E-state index is 0.109. The van der Waals surface area contributed by atoms with Gasteiger partial charge >= 0.3 is 0 Å². The molecule has 3 N–H and O–H groups in total. The van der Waals surface area contributed by atoms with Gasteiger partial charge in [0.1, 0.15) is 11.3 Å². The Morgan fingerprint density at radius 3 is 3.09 bits per heavy atom. The highest BCUT2D eigenvalue weighted by Gasteiger charge is 2.34. The molecular weight excluding hydrogens is 464 g/mol. The molecule has 2 unspecified atom stereocenters. The number of benzene rings is 1. The summed E-state index contributed by atoms with van der Waals surface area (Å²) in [4.78, 5) is 23.6. The summed E-state index contributed by atoms with van der Waals surface area (Å²) >= 11 is 8.09. The Bertz CT molecular complexity index is 1270. The van der Waals surface area contributed by atoms with Gasteiger partial charge in [-0.1, -0.05) is 18.5 Å². The van der Waals surface area contributed by atoms with Crippen LogP contribution in [0.15, 0.2) is 29.2 Å². The molecule has 4 heterocycles. The van der Waals surface area contributed by atoms with E-state index in [1.54, 1.807) is 29.6 Å². The Labute approximate surface area is 200 Å². The van der Waals surface area contributed by atoms with Gasteiger partial charge in [0, 0.05) is 30.4 Å². The van der Waals surface area contributed by atoms with Crippen molar-refractivity contribution in [3.63, 3.8) is 0 Å². The van der Waals surface area contributed by atoms with Crippen molar-refractivity contribution in [3.8, 4) is 5.75 Å². The molecule has 3 aromatic rings. The van der Waals surface area contributed by atoms with Crippen molar-refractivity contribution in [2.45, 2.75) is 31.4 Å². The lowest BCUT2D eigenvalue weighted by Gasteiger charge is -2.26. The van der Waals surface area contributed by atoms with Crippen LogP contribution in [0.3, 0.4) is 0 Å². The van der Waals surface area contributed by atoms with Gasteiger partial charge in [-0.2, -0.15) is 4.98 Å². The number of nitrogens with zero attached hydrogens (tertiary/aromatic N) is 4. The molecule has 33 heavy (non-hydrogen) atoms. The third-order valence-corrected chi connectivity index (χ3v) is 7.58. The molecule has 0 saturated carbocycles. The molecule has 11 heteroatoms. The second-order valence-corrected chi connectivity index (χ2v) is 9.62. The molecule has 0 amide bonds. The molecule has 2 atom stereocenters. The molecule has 1 fully saturated rings. The topological polar surface area (TPSA) is 105 Å². The SMILES string of the molecule is CCC1SCC(O)N1c1ncc(Cl)c(Nc2ccc3c(c2)c2c(c(=O)n3C)OCCCN2)n1. The Kier molecular flexibility index (Phi) is 5.98. The van der Waals surface area contributed by atoms with E-state index >= 15 is 0 Å². The highest BCUT2D eigenvalue weighted by atomic mass is 35.5. The fourth-order valence-corrected chi connectivity index (χ4v) is 5.52. The smallest absolute Gasteiger partial charge is 0.295 e. The number of aliphatic hydroxyl groups excluding tert-OH is 1. The number of rotatable bonds is 4. The third-order valence-electron chi connectivity index (χ3n) is 5.87. The zero-order chi connectivity index (χ0) is 23.1. The Hall–Kier alpha value is -2.69. The quantitative estimate of drug-likeness (QED) is 0.508. The standard InChI is InChI=1S/C22H25ClN6O3S/c1-3-17-29(16(30)11-33-17)22-25-10-14(23)20(27-22)26-12-5-6-15-13(9-12)18-19(21(31)28(15)2)32-8-4-7-24-18/h5-6,9-10,16-17,24,30H,3-4,7-8,11H2,1-2H3,(H,25,26,27). The molecular formula is C22H25ClN6O3S. The molecule has 2 aliphatic heterocycles. The molecule has 9 nitrogen and oxygen atoms in total. The Morgan fingerprint density at radius 2 is 2.27 bits per heavy atom. The minimum atomic E-state index is -0.641. The molecule has 174 valence electrons. The van der Waals surface area contributed by atoms with Crippen molar-refractivity contribution in [3.05, 3.63) is 39.8 Å². The maximum absolute atomic E-state index is 12.8. The number of aromatic nitrogens is 3. The van der Waals surface area contributed by atoms with Gasteiger partial charge in [0.25, 0.3) is 5.56 Å². The van der Waals surface area contributed by atoms with Crippen molar-refractivity contribution >= 4 is 57.4 Å². The van der Waals surface area contributed by atoms with Crippen LogP contribution in [-0.4, -0.2) is 50.1 Å². The van der Waals surface area contributed by atoms with Gasteiger partial charge in [-0.15, -0.1) is 11.8 Å². The fourth-order valence-electron chi connectivity index (χ4n) is 4.20. The summed E-state index contributed by atoms with van der Waals surface area (Å²) in [6.07, 6.45) is 2.58. The van der Waals surface area contributed by atoms with Gasteiger partial charge in [0.15, 0.2) is 5.82 Å². The number of hydrogen-bond acceptors (Lipinski definition) is 9. The average Bonchev–Trinajstić information content (AvgIpc) is 3.02. The number of ether oxygens (including phenoxy) is 1. The van der Waals surface area contributed by atoms with Crippen molar-refractivity contribution in [2.75, 3.05) is 34.4 Å². The maximum Gasteiger partial charge on any atom is 0.295 e. The van der Waals surface area contributed by atoms with Crippen LogP contribution in [0.5, 0.6) is 5.75 Å². The van der Waals surface area contributed by atoms with Gasteiger partial charge < -0.3 is 29.9 Å². The zero-order valence-corrected chi connectivity index (χ0v) is 19.9. The molecule has 0 bridgehead atoms. The molecule has 1 aromatic carbocycles. The summed E-state index contributed by atoms with van der Waals surface area (Å²) in [5.41, 5.74) is 2.08. The number of thioether (sulfide) groups is 1. The molecule has 0 radical (unpaired) electrons. The second kappa shape index (κ2) is 8.92. The lowest BCUT2D eigenvalue weighted by molar-refractivity contribution is 0.195. The molecule has 0 spiro atoms. The Balaban J connectivity index is 1.54. The Morgan fingerprint density at radius 1 is 1.42 bits per heavy atom. The van der Waals surface area contributed by atoms with Gasteiger partial charge in [-0.25, -0.2) is 4.98 Å². The maximum atomic E-state index is 12.8. The lowest BCUT2D eigenvalue weighted by Crippen LogP contribution is -2.37. The molecule has 2 aliphatic rings. The van der Waals surface area contributed by atoms with Crippen LogP contribution in [0.25, 0.3) is 10.9 Å². The van der Waals surface area contributed by atoms with E-state index in [2.05, 4.69) is 27.5 Å². The van der Waals surface area contributed by atoms with Crippen molar-refractivity contribution in [1.82, 2.24) is 14.5 Å². The number of halogens is 1. The monoisotopic (exact) mass is 488 g/mol. The van der Waals surface area contributed by atoms with E-state index in [4.69, 9.17) is 16.3 Å². The van der Waals surface area contributed by atoms with Crippen LogP contribution in [-0.2, 0) is 7.05 Å². The molecule has 0 aliphatic carbocycles. The lowest BCUT2D eigenvalue weighted by atomic mass is 10.1. The number of pyridine rings is 1. The first-order chi connectivity index (χ1) is 16.0. The van der Waals surface area contributed by atoms with Crippen molar-refractivity contribution < 1.29 is 9.84 Å². The highest BCUT2D eigenvalue weighted by Crippen LogP contribution is 2.36. The van der Waals surface area contributed by atoms with Gasteiger partial charge in [0.2, 0.25) is 11.7 Å². The van der Waals surface area contributed by atoms with E-state index in [1.807, 2.05) is 23.1 Å². The van der Waals surface area contributed by atoms with E-state index in [-0.39, 0.29) is 10.9 Å². The van der Waals surface area contributed by atoms with Crippen molar-refractivity contribution in [1.29, 1.82) is 0 Å². The summed E-state index contributed by atoms with van der Waals surface area (Å²) in [6.45, 7) is 3.29. The average molecular weight is 489 g/mol. The number of nitrogens with one attached hydrogen (secondary N) is 2. The van der Waals surface area contributed by atoms with Gasteiger partial charge in [-0.05, 0) is 31.0 Å². The van der Waals surface area contributed by atoms with Crippen LogP contribution < -0.4 is 25.8 Å². The van der Waals surface area contributed by atoms with E-state index in [1.165, 1.54) is 0 Å². The first-order valence-electron chi connectivity index (χ1n) is 10.9. The predicted octanol–water partition coefficient (Wildman–Crippen LogP) is 3.53. The largest absolute Gasteiger partial charge is 0.486 e. The van der Waals surface area contributed by atoms with E-state index < -0.39 is 6.23 Å². The van der Waals surface area contributed by atoms with Crippen molar-refractivity contribution in [2.24, 2.45) is 7.05 Å². The van der Waals surface area contributed by atoms with Crippen LogP contribution in [0.4, 0.5) is 23.1 Å². The normalized spacial score (nSPS) is 20.2. The minimum Gasteiger partial charge on any atom is -0.486 e. The number of anilines is 4. The highest BCUT2D eigenvalue weighted by molar-refractivity contribution is 8.00. The first kappa shape index (κ1) is 22.1. The number of fused-ring (bicyclic) bond motifs is 3. The zero-order valence-electron chi connectivity index (χ0n) is 18.3. The number of hydrogen-bond donors (Lipinski definition) is 3. The van der Waals surface area contributed by atoms with Gasteiger partial charge in [-0.3, -0.25) is 4.79 Å². The van der Waals surface area contributed by atoms with E-state index in [0.717, 1.165) is 36.0 Å². The summed E-state index contributed by atoms with van der Waals surface area (Å²) in [6, 6.07) is 5.71. The van der Waals surface area contributed by atoms with Crippen LogP contribution in [0.2, 0.25) is 5.02 Å². The van der Waals surface area contributed by atoms with E-state index in [9.17, 15) is 9.90 Å². The number of aryl methyl sites for hydroxylation is 1. The van der Waals surface area contributed by atoms with Crippen LogP contribution in [0, 0.1) is 0 Å².